The van der Waals surface area contributed by atoms with Crippen LogP contribution in [0.3, 0.4) is 0 Å². The number of benzene rings is 2. The van der Waals surface area contributed by atoms with Crippen molar-refractivity contribution in [1.82, 2.24) is 4.98 Å². The molecule has 21 heavy (non-hydrogen) atoms. The maximum absolute atomic E-state index is 13.8. The molecule has 104 valence electrons. The first-order valence-electron chi connectivity index (χ1n) is 6.25. The second kappa shape index (κ2) is 5.61. The zero-order valence-corrected chi connectivity index (χ0v) is 12.4. The zero-order chi connectivity index (χ0) is 14.8. The molecule has 0 bridgehead atoms. The molecule has 0 atom stereocenters. The lowest BCUT2D eigenvalue weighted by molar-refractivity contribution is 0.102. The highest BCUT2D eigenvalue weighted by Crippen LogP contribution is 2.25. The highest BCUT2D eigenvalue weighted by molar-refractivity contribution is 9.10. The van der Waals surface area contributed by atoms with Crippen LogP contribution in [0.5, 0.6) is 0 Å². The van der Waals surface area contributed by atoms with Crippen molar-refractivity contribution in [2.24, 2.45) is 0 Å². The first-order valence-corrected chi connectivity index (χ1v) is 7.04. The molecule has 3 nitrogen and oxygen atoms in total. The molecule has 1 heterocycles. The molecule has 1 N–H and O–H groups in total. The van der Waals surface area contributed by atoms with Crippen molar-refractivity contribution in [3.8, 4) is 0 Å². The largest absolute Gasteiger partial charge is 0.321 e. The second-order valence-corrected chi connectivity index (χ2v) is 5.31. The van der Waals surface area contributed by atoms with Crippen molar-refractivity contribution in [3.63, 3.8) is 0 Å². The van der Waals surface area contributed by atoms with Crippen LogP contribution in [0.1, 0.15) is 10.4 Å². The zero-order valence-electron chi connectivity index (χ0n) is 10.8. The summed E-state index contributed by atoms with van der Waals surface area (Å²) in [5, 5.41) is 4.49. The van der Waals surface area contributed by atoms with Crippen LogP contribution in [0.4, 0.5) is 10.1 Å². The number of rotatable bonds is 2. The molecule has 3 rings (SSSR count). The van der Waals surface area contributed by atoms with Gasteiger partial charge in [0.25, 0.3) is 5.91 Å². The summed E-state index contributed by atoms with van der Waals surface area (Å²) in [6, 6.07) is 11.8. The van der Waals surface area contributed by atoms with Gasteiger partial charge in [0.05, 0.1) is 11.3 Å². The van der Waals surface area contributed by atoms with E-state index in [1.54, 1.807) is 24.5 Å². The number of anilines is 1. The molecule has 0 spiro atoms. The number of nitrogens with zero attached hydrogens (tertiary/aromatic N) is 1. The van der Waals surface area contributed by atoms with Crippen molar-refractivity contribution in [2.45, 2.75) is 0 Å². The lowest BCUT2D eigenvalue weighted by atomic mass is 10.1. The maximum atomic E-state index is 13.8. The monoisotopic (exact) mass is 344 g/mol. The number of nitrogens with one attached hydrogen (secondary N) is 1. The van der Waals surface area contributed by atoms with Crippen LogP contribution in [0.2, 0.25) is 0 Å². The van der Waals surface area contributed by atoms with E-state index in [1.165, 1.54) is 12.1 Å². The molecule has 0 fully saturated rings. The van der Waals surface area contributed by atoms with Crippen LogP contribution in [0, 0.1) is 5.82 Å². The molecule has 5 heteroatoms. The Morgan fingerprint density at radius 1 is 1.14 bits per heavy atom. The SMILES string of the molecule is O=C(Nc1cccc2ccncc12)c1c(F)cccc1Br. The van der Waals surface area contributed by atoms with Gasteiger partial charge in [-0.25, -0.2) is 4.39 Å². The fourth-order valence-electron chi connectivity index (χ4n) is 2.12. The number of aromatic nitrogens is 1. The third-order valence-corrected chi connectivity index (χ3v) is 3.78. The highest BCUT2D eigenvalue weighted by atomic mass is 79.9. The molecule has 0 saturated heterocycles. The van der Waals surface area contributed by atoms with E-state index in [4.69, 9.17) is 0 Å². The van der Waals surface area contributed by atoms with Crippen LogP contribution in [-0.2, 0) is 0 Å². The van der Waals surface area contributed by atoms with Gasteiger partial charge < -0.3 is 5.32 Å². The number of fused-ring (bicyclic) bond motifs is 1. The Balaban J connectivity index is 2.01. The van der Waals surface area contributed by atoms with Crippen molar-refractivity contribution in [3.05, 3.63) is 70.7 Å². The van der Waals surface area contributed by atoms with Crippen molar-refractivity contribution < 1.29 is 9.18 Å². The number of halogens is 2. The second-order valence-electron chi connectivity index (χ2n) is 4.45. The lowest BCUT2D eigenvalue weighted by Gasteiger charge is -2.10. The fourth-order valence-corrected chi connectivity index (χ4v) is 2.64. The van der Waals surface area contributed by atoms with Gasteiger partial charge in [-0.05, 0) is 45.6 Å². The average molecular weight is 345 g/mol. The van der Waals surface area contributed by atoms with E-state index in [1.807, 2.05) is 18.2 Å². The Labute approximate surface area is 128 Å². The van der Waals surface area contributed by atoms with Crippen LogP contribution in [0.25, 0.3) is 10.8 Å². The molecule has 1 amide bonds. The minimum atomic E-state index is -0.569. The van der Waals surface area contributed by atoms with E-state index in [0.29, 0.717) is 10.2 Å². The van der Waals surface area contributed by atoms with Gasteiger partial charge in [0, 0.05) is 22.3 Å². The summed E-state index contributed by atoms with van der Waals surface area (Å²) in [4.78, 5) is 16.4. The summed E-state index contributed by atoms with van der Waals surface area (Å²) in [5.74, 6) is -1.07. The van der Waals surface area contributed by atoms with Crippen molar-refractivity contribution in [2.75, 3.05) is 5.32 Å². The van der Waals surface area contributed by atoms with Gasteiger partial charge in [0.15, 0.2) is 0 Å². The Hall–Kier alpha value is -2.27. The number of carbonyl (C=O) groups is 1. The molecular weight excluding hydrogens is 335 g/mol. The Morgan fingerprint density at radius 2 is 1.95 bits per heavy atom. The molecule has 3 aromatic rings. The van der Waals surface area contributed by atoms with Crippen LogP contribution < -0.4 is 5.32 Å². The third kappa shape index (κ3) is 2.64. The van der Waals surface area contributed by atoms with Gasteiger partial charge in [0.1, 0.15) is 5.82 Å². The van der Waals surface area contributed by atoms with Gasteiger partial charge >= 0.3 is 0 Å². The summed E-state index contributed by atoms with van der Waals surface area (Å²) in [6.45, 7) is 0. The van der Waals surface area contributed by atoms with Crippen molar-refractivity contribution >= 4 is 38.3 Å². The van der Waals surface area contributed by atoms with Gasteiger partial charge in [-0.1, -0.05) is 18.2 Å². The quantitative estimate of drug-likeness (QED) is 0.749. The Kier molecular flexibility index (Phi) is 3.66. The normalized spacial score (nSPS) is 10.6. The summed E-state index contributed by atoms with van der Waals surface area (Å²) in [7, 11) is 0. The predicted octanol–water partition coefficient (Wildman–Crippen LogP) is 4.39. The predicted molar refractivity (Wildman–Crippen MR) is 83.8 cm³/mol. The topological polar surface area (TPSA) is 42.0 Å². The molecule has 0 unspecified atom stereocenters. The number of pyridine rings is 1. The van der Waals surface area contributed by atoms with Gasteiger partial charge in [-0.3, -0.25) is 9.78 Å². The first-order chi connectivity index (χ1) is 10.2. The molecule has 0 aliphatic heterocycles. The maximum Gasteiger partial charge on any atom is 0.259 e. The summed E-state index contributed by atoms with van der Waals surface area (Å²) in [6.07, 6.45) is 3.35. The van der Waals surface area contributed by atoms with Crippen molar-refractivity contribution in [1.29, 1.82) is 0 Å². The van der Waals surface area contributed by atoms with E-state index in [-0.39, 0.29) is 5.56 Å². The number of carbonyl (C=O) groups excluding carboxylic acids is 1. The molecule has 0 radical (unpaired) electrons. The molecule has 0 saturated carbocycles. The van der Waals surface area contributed by atoms with Crippen LogP contribution >= 0.6 is 15.9 Å². The van der Waals surface area contributed by atoms with E-state index < -0.39 is 11.7 Å². The molecule has 1 aromatic heterocycles. The first kappa shape index (κ1) is 13.7. The lowest BCUT2D eigenvalue weighted by Crippen LogP contribution is -2.14. The van der Waals surface area contributed by atoms with E-state index in [0.717, 1.165) is 10.8 Å². The minimum Gasteiger partial charge on any atom is -0.321 e. The van der Waals surface area contributed by atoms with Crippen LogP contribution in [0.15, 0.2) is 59.3 Å². The number of hydrogen-bond donors (Lipinski definition) is 1. The summed E-state index contributed by atoms with van der Waals surface area (Å²) >= 11 is 3.20. The van der Waals surface area contributed by atoms with Gasteiger partial charge in [-0.15, -0.1) is 0 Å². The summed E-state index contributed by atoms with van der Waals surface area (Å²) < 4.78 is 14.2. The molecule has 0 aliphatic rings. The number of amides is 1. The molecule has 2 aromatic carbocycles. The Bertz CT molecular complexity index is 810. The fraction of sp³-hybridized carbons (Fsp3) is 0. The summed E-state index contributed by atoms with van der Waals surface area (Å²) in [5.41, 5.74) is 0.583. The van der Waals surface area contributed by atoms with E-state index >= 15 is 0 Å². The number of hydrogen-bond acceptors (Lipinski definition) is 2. The van der Waals surface area contributed by atoms with Gasteiger partial charge in [-0.2, -0.15) is 0 Å². The van der Waals surface area contributed by atoms with E-state index in [9.17, 15) is 9.18 Å². The molecule has 0 aliphatic carbocycles. The Morgan fingerprint density at radius 3 is 2.76 bits per heavy atom. The average Bonchev–Trinajstić information content (AvgIpc) is 2.47. The highest BCUT2D eigenvalue weighted by Gasteiger charge is 2.16. The van der Waals surface area contributed by atoms with Gasteiger partial charge in [0.2, 0.25) is 0 Å². The third-order valence-electron chi connectivity index (χ3n) is 3.12. The van der Waals surface area contributed by atoms with Crippen LogP contribution in [-0.4, -0.2) is 10.9 Å². The molecular formula is C16H10BrFN2O. The smallest absolute Gasteiger partial charge is 0.259 e. The minimum absolute atomic E-state index is 0.0154. The standard InChI is InChI=1S/C16H10BrFN2O/c17-12-4-2-5-13(18)15(12)16(21)20-14-6-1-3-10-7-8-19-9-11(10)14/h1-9H,(H,20,21). The van der Waals surface area contributed by atoms with E-state index in [2.05, 4.69) is 26.2 Å².